The average molecular weight is 470 g/mol. The highest BCUT2D eigenvalue weighted by Crippen LogP contribution is 2.27. The maximum absolute atomic E-state index is 6.06. The van der Waals surface area contributed by atoms with Gasteiger partial charge >= 0.3 is 0 Å². The van der Waals surface area contributed by atoms with Crippen LogP contribution in [0.2, 0.25) is 0 Å². The van der Waals surface area contributed by atoms with Crippen molar-refractivity contribution in [3.05, 3.63) is 45.4 Å². The fourth-order valence-corrected chi connectivity index (χ4v) is 4.00. The Balaban J connectivity index is 0.00000225. The van der Waals surface area contributed by atoms with Gasteiger partial charge in [-0.1, -0.05) is 12.1 Å². The van der Waals surface area contributed by atoms with Gasteiger partial charge in [0.05, 0.1) is 5.01 Å². The first kappa shape index (κ1) is 20.2. The van der Waals surface area contributed by atoms with Crippen LogP contribution in [0.25, 0.3) is 0 Å². The van der Waals surface area contributed by atoms with Gasteiger partial charge in [0.2, 0.25) is 0 Å². The third kappa shape index (κ3) is 5.95. The molecule has 4 nitrogen and oxygen atoms in total. The summed E-state index contributed by atoms with van der Waals surface area (Å²) in [6, 6.07) is 6.44. The number of aliphatic imine (C=N–C) groups is 1. The van der Waals surface area contributed by atoms with Crippen molar-refractivity contribution in [3.63, 3.8) is 0 Å². The summed E-state index contributed by atoms with van der Waals surface area (Å²) in [4.78, 5) is 8.96. The minimum atomic E-state index is 0. The summed E-state index contributed by atoms with van der Waals surface area (Å²) in [6.07, 6.45) is 8.04. The molecule has 3 rings (SSSR count). The van der Waals surface area contributed by atoms with E-state index in [1.54, 1.807) is 11.3 Å². The largest absolute Gasteiger partial charge is 0.370 e. The standard InChI is InChI=1S/C19H26N4S.HI/c1-14-13-24-18(22-14)11-4-5-12-21-19(20)23-17-10-6-8-15-7-2-3-9-16(15)17;/h6,8,10,13H,2-5,7,9,11-12H2,1H3,(H3,20,21,23);1H. The first-order valence-electron chi connectivity index (χ1n) is 8.81. The van der Waals surface area contributed by atoms with E-state index in [2.05, 4.69) is 38.9 Å². The molecule has 0 saturated heterocycles. The van der Waals surface area contributed by atoms with E-state index in [4.69, 9.17) is 5.73 Å². The SMILES string of the molecule is Cc1csc(CCCCN=C(N)Nc2cccc3c2CCCC3)n1.I. The summed E-state index contributed by atoms with van der Waals surface area (Å²) < 4.78 is 0. The van der Waals surface area contributed by atoms with Crippen LogP contribution in [0.5, 0.6) is 0 Å². The van der Waals surface area contributed by atoms with Crippen molar-refractivity contribution >= 4 is 47.0 Å². The molecular formula is C19H27IN4S. The van der Waals surface area contributed by atoms with Crippen molar-refractivity contribution in [2.75, 3.05) is 11.9 Å². The third-order valence-corrected chi connectivity index (χ3v) is 5.43. The quantitative estimate of drug-likeness (QED) is 0.279. The van der Waals surface area contributed by atoms with E-state index in [1.165, 1.54) is 35.4 Å². The van der Waals surface area contributed by atoms with Gasteiger partial charge in [-0.3, -0.25) is 4.99 Å². The van der Waals surface area contributed by atoms with Crippen molar-refractivity contribution in [3.8, 4) is 0 Å². The zero-order chi connectivity index (χ0) is 16.8. The topological polar surface area (TPSA) is 63.3 Å². The second-order valence-corrected chi connectivity index (χ2v) is 7.32. The van der Waals surface area contributed by atoms with Gasteiger partial charge in [0, 0.05) is 23.3 Å². The van der Waals surface area contributed by atoms with Gasteiger partial charge in [0.15, 0.2) is 5.96 Å². The van der Waals surface area contributed by atoms with Gasteiger partial charge < -0.3 is 11.1 Å². The van der Waals surface area contributed by atoms with Crippen molar-refractivity contribution in [2.45, 2.75) is 51.9 Å². The molecule has 6 heteroatoms. The van der Waals surface area contributed by atoms with E-state index in [9.17, 15) is 0 Å². The van der Waals surface area contributed by atoms with E-state index >= 15 is 0 Å². The van der Waals surface area contributed by atoms with Gasteiger partial charge in [-0.25, -0.2) is 4.98 Å². The number of unbranched alkanes of at least 4 members (excludes halogenated alkanes) is 1. The number of aromatic nitrogens is 1. The van der Waals surface area contributed by atoms with Crippen LogP contribution in [0.4, 0.5) is 5.69 Å². The highest BCUT2D eigenvalue weighted by atomic mass is 127. The molecule has 0 atom stereocenters. The first-order valence-corrected chi connectivity index (χ1v) is 9.69. The van der Waals surface area contributed by atoms with E-state index < -0.39 is 0 Å². The maximum atomic E-state index is 6.06. The van der Waals surface area contributed by atoms with Crippen LogP contribution in [0.15, 0.2) is 28.6 Å². The summed E-state index contributed by atoms with van der Waals surface area (Å²) >= 11 is 1.74. The Morgan fingerprint density at radius 2 is 2.12 bits per heavy atom. The summed E-state index contributed by atoms with van der Waals surface area (Å²) in [5.41, 5.74) is 11.2. The zero-order valence-corrected chi connectivity index (χ0v) is 17.9. The van der Waals surface area contributed by atoms with Crippen molar-refractivity contribution in [1.82, 2.24) is 4.98 Å². The van der Waals surface area contributed by atoms with Crippen LogP contribution in [0.3, 0.4) is 0 Å². The molecule has 1 aromatic heterocycles. The smallest absolute Gasteiger partial charge is 0.193 e. The van der Waals surface area contributed by atoms with Gasteiger partial charge in [-0.2, -0.15) is 0 Å². The number of halogens is 1. The molecule has 0 saturated carbocycles. The summed E-state index contributed by atoms with van der Waals surface area (Å²) in [6.45, 7) is 2.80. The lowest BCUT2D eigenvalue weighted by Crippen LogP contribution is -2.24. The second kappa shape index (κ2) is 10.1. The van der Waals surface area contributed by atoms with Crippen LogP contribution < -0.4 is 11.1 Å². The Labute approximate surface area is 171 Å². The number of guanidine groups is 1. The van der Waals surface area contributed by atoms with Crippen LogP contribution in [0, 0.1) is 6.92 Å². The number of hydrogen-bond donors (Lipinski definition) is 2. The minimum absolute atomic E-state index is 0. The Bertz CT molecular complexity index is 711. The number of aryl methyl sites for hydroxylation is 3. The molecule has 1 aromatic carbocycles. The monoisotopic (exact) mass is 470 g/mol. The van der Waals surface area contributed by atoms with Gasteiger partial charge in [-0.05, 0) is 69.1 Å². The highest BCUT2D eigenvalue weighted by molar-refractivity contribution is 14.0. The third-order valence-electron chi connectivity index (χ3n) is 4.41. The number of nitrogens with zero attached hydrogens (tertiary/aromatic N) is 2. The Hall–Kier alpha value is -1.15. The molecule has 0 unspecified atom stereocenters. The number of nitrogens with two attached hydrogens (primary N) is 1. The minimum Gasteiger partial charge on any atom is -0.370 e. The summed E-state index contributed by atoms with van der Waals surface area (Å²) in [5.74, 6) is 0.527. The van der Waals surface area contributed by atoms with Crippen molar-refractivity contribution < 1.29 is 0 Å². The fourth-order valence-electron chi connectivity index (χ4n) is 3.18. The molecule has 2 aromatic rings. The number of rotatable bonds is 6. The Morgan fingerprint density at radius 3 is 2.92 bits per heavy atom. The van der Waals surface area contributed by atoms with E-state index in [0.717, 1.165) is 43.6 Å². The van der Waals surface area contributed by atoms with Crippen LogP contribution in [-0.2, 0) is 19.3 Å². The average Bonchev–Trinajstić information content (AvgIpc) is 3.00. The number of thiazole rings is 1. The molecular weight excluding hydrogens is 443 g/mol. The van der Waals surface area contributed by atoms with Gasteiger partial charge in [0.25, 0.3) is 0 Å². The van der Waals surface area contributed by atoms with E-state index in [1.807, 2.05) is 6.92 Å². The number of hydrogen-bond acceptors (Lipinski definition) is 3. The Kier molecular flexibility index (Phi) is 8.15. The molecule has 0 spiro atoms. The molecule has 1 aliphatic rings. The molecule has 25 heavy (non-hydrogen) atoms. The van der Waals surface area contributed by atoms with Crippen molar-refractivity contribution in [2.24, 2.45) is 10.7 Å². The lowest BCUT2D eigenvalue weighted by atomic mass is 9.90. The summed E-state index contributed by atoms with van der Waals surface area (Å²) in [5, 5.41) is 6.63. The second-order valence-electron chi connectivity index (χ2n) is 6.38. The molecule has 1 heterocycles. The highest BCUT2D eigenvalue weighted by Gasteiger charge is 2.12. The zero-order valence-electron chi connectivity index (χ0n) is 14.8. The predicted octanol–water partition coefficient (Wildman–Crippen LogP) is 4.70. The number of fused-ring (bicyclic) bond motifs is 1. The van der Waals surface area contributed by atoms with Crippen LogP contribution in [0.1, 0.15) is 47.5 Å². The lowest BCUT2D eigenvalue weighted by molar-refractivity contribution is 0.687. The Morgan fingerprint density at radius 1 is 1.28 bits per heavy atom. The van der Waals surface area contributed by atoms with Crippen LogP contribution in [-0.4, -0.2) is 17.5 Å². The molecule has 1 aliphatic carbocycles. The molecule has 0 fully saturated rings. The molecule has 0 radical (unpaired) electrons. The number of nitrogens with one attached hydrogen (secondary N) is 1. The normalized spacial score (nSPS) is 13.9. The van der Waals surface area contributed by atoms with Crippen molar-refractivity contribution in [1.29, 1.82) is 0 Å². The lowest BCUT2D eigenvalue weighted by Gasteiger charge is -2.19. The van der Waals surface area contributed by atoms with E-state index in [0.29, 0.717) is 5.96 Å². The first-order chi connectivity index (χ1) is 11.7. The molecule has 0 aliphatic heterocycles. The molecule has 0 bridgehead atoms. The molecule has 136 valence electrons. The van der Waals surface area contributed by atoms with Crippen LogP contribution >= 0.6 is 35.3 Å². The molecule has 0 amide bonds. The number of anilines is 1. The van der Waals surface area contributed by atoms with E-state index in [-0.39, 0.29) is 24.0 Å². The van der Waals surface area contributed by atoms with Gasteiger partial charge in [0.1, 0.15) is 0 Å². The molecule has 3 N–H and O–H groups in total. The predicted molar refractivity (Wildman–Crippen MR) is 118 cm³/mol. The summed E-state index contributed by atoms with van der Waals surface area (Å²) in [7, 11) is 0. The number of benzene rings is 1. The maximum Gasteiger partial charge on any atom is 0.193 e. The van der Waals surface area contributed by atoms with Gasteiger partial charge in [-0.15, -0.1) is 35.3 Å². The fraction of sp³-hybridized carbons (Fsp3) is 0.474.